The van der Waals surface area contributed by atoms with Gasteiger partial charge in [-0.3, -0.25) is 14.4 Å². The molecule has 126 valence electrons. The minimum Gasteiger partial charge on any atom is -0.352 e. The van der Waals surface area contributed by atoms with Gasteiger partial charge in [0.2, 0.25) is 0 Å². The molecule has 0 radical (unpaired) electrons. The molecule has 2 aromatic rings. The average Bonchev–Trinajstić information content (AvgIpc) is 3.08. The topological polar surface area (TPSA) is 79.0 Å². The number of Topliss-reactive ketones (excluding diaryl/α,β-unsaturated/α-hetero) is 1. The number of hydrogen-bond donors (Lipinski definition) is 2. The Labute approximate surface area is 144 Å². The van der Waals surface area contributed by atoms with E-state index in [1.807, 2.05) is 24.4 Å². The van der Waals surface area contributed by atoms with Crippen LogP contribution >= 0.6 is 11.3 Å². The van der Waals surface area contributed by atoms with Crippen molar-refractivity contribution in [3.05, 3.63) is 55.6 Å². The number of pyridine rings is 1. The number of rotatable bonds is 5. The van der Waals surface area contributed by atoms with Gasteiger partial charge in [0, 0.05) is 35.0 Å². The molecular weight excluding hydrogens is 324 g/mol. The molecule has 24 heavy (non-hydrogen) atoms. The van der Waals surface area contributed by atoms with Crippen LogP contribution in [0.2, 0.25) is 0 Å². The number of nitrogens with one attached hydrogen (secondary N) is 2. The van der Waals surface area contributed by atoms with Gasteiger partial charge in [-0.2, -0.15) is 0 Å². The molecule has 0 bridgehead atoms. The summed E-state index contributed by atoms with van der Waals surface area (Å²) in [6.07, 6.45) is 2.85. The van der Waals surface area contributed by atoms with Crippen molar-refractivity contribution in [2.75, 3.05) is 6.54 Å². The summed E-state index contributed by atoms with van der Waals surface area (Å²) in [6.45, 7) is 2.56. The monoisotopic (exact) mass is 344 g/mol. The summed E-state index contributed by atoms with van der Waals surface area (Å²) in [5, 5.41) is 4.71. The van der Waals surface area contributed by atoms with Crippen molar-refractivity contribution in [1.82, 2.24) is 10.3 Å². The number of unbranched alkanes of at least 4 members (excludes halogenated alkanes) is 1. The summed E-state index contributed by atoms with van der Waals surface area (Å²) in [4.78, 5) is 40.8. The van der Waals surface area contributed by atoms with Crippen molar-refractivity contribution in [2.24, 2.45) is 0 Å². The average molecular weight is 344 g/mol. The van der Waals surface area contributed by atoms with Gasteiger partial charge in [-0.25, -0.2) is 0 Å². The Bertz CT molecular complexity index is 808. The predicted molar refractivity (Wildman–Crippen MR) is 94.0 cm³/mol. The van der Waals surface area contributed by atoms with Gasteiger partial charge in [-0.05, 0) is 30.4 Å². The second kappa shape index (κ2) is 7.13. The first-order chi connectivity index (χ1) is 11.6. The van der Waals surface area contributed by atoms with E-state index in [0.29, 0.717) is 30.6 Å². The Balaban J connectivity index is 1.86. The van der Waals surface area contributed by atoms with E-state index in [2.05, 4.69) is 10.3 Å². The van der Waals surface area contributed by atoms with Crippen LogP contribution in [0.5, 0.6) is 0 Å². The standard InChI is InChI=1S/C18H20N2O3S/c1-2-3-6-19-17(22)13-10-12-14(20-18(13)23)8-11(9-15(12)21)16-5-4-7-24-16/h4-5,7,10-11H,2-3,6,8-9H2,1H3,(H,19,22)(H,20,23). The number of hydrogen-bond acceptors (Lipinski definition) is 4. The van der Waals surface area contributed by atoms with E-state index in [1.165, 1.54) is 6.07 Å². The molecule has 1 atom stereocenters. The lowest BCUT2D eigenvalue weighted by molar-refractivity contribution is 0.0951. The van der Waals surface area contributed by atoms with E-state index < -0.39 is 11.5 Å². The zero-order chi connectivity index (χ0) is 17.1. The van der Waals surface area contributed by atoms with Crippen molar-refractivity contribution < 1.29 is 9.59 Å². The summed E-state index contributed by atoms with van der Waals surface area (Å²) in [5.74, 6) is -0.334. The largest absolute Gasteiger partial charge is 0.352 e. The van der Waals surface area contributed by atoms with Gasteiger partial charge in [0.25, 0.3) is 11.5 Å². The van der Waals surface area contributed by atoms with Crippen molar-refractivity contribution in [3.8, 4) is 0 Å². The number of ketones is 1. The fourth-order valence-corrected chi connectivity index (χ4v) is 3.83. The zero-order valence-electron chi connectivity index (χ0n) is 13.6. The van der Waals surface area contributed by atoms with Crippen LogP contribution in [0.1, 0.15) is 63.4 Å². The zero-order valence-corrected chi connectivity index (χ0v) is 14.4. The third-order valence-corrected chi connectivity index (χ3v) is 5.35. The quantitative estimate of drug-likeness (QED) is 0.819. The number of aromatic nitrogens is 1. The van der Waals surface area contributed by atoms with Gasteiger partial charge in [0.15, 0.2) is 5.78 Å². The summed E-state index contributed by atoms with van der Waals surface area (Å²) in [5.41, 5.74) is 0.706. The minimum absolute atomic E-state index is 0.0199. The van der Waals surface area contributed by atoms with Gasteiger partial charge in [0.05, 0.1) is 0 Å². The Kier molecular flexibility index (Phi) is 4.94. The van der Waals surface area contributed by atoms with E-state index in [-0.39, 0.29) is 17.3 Å². The van der Waals surface area contributed by atoms with Crippen LogP contribution < -0.4 is 10.9 Å². The smallest absolute Gasteiger partial charge is 0.261 e. The van der Waals surface area contributed by atoms with Crippen molar-refractivity contribution in [2.45, 2.75) is 38.5 Å². The van der Waals surface area contributed by atoms with Gasteiger partial charge in [0.1, 0.15) is 5.56 Å². The number of thiophene rings is 1. The molecule has 1 unspecified atom stereocenters. The van der Waals surface area contributed by atoms with Gasteiger partial charge in [-0.1, -0.05) is 19.4 Å². The molecule has 3 rings (SSSR count). The molecule has 0 saturated heterocycles. The van der Waals surface area contributed by atoms with Crippen molar-refractivity contribution in [3.63, 3.8) is 0 Å². The number of aromatic amines is 1. The van der Waals surface area contributed by atoms with Gasteiger partial charge < -0.3 is 10.3 Å². The molecule has 2 aromatic heterocycles. The van der Waals surface area contributed by atoms with Crippen LogP contribution in [0, 0.1) is 0 Å². The van der Waals surface area contributed by atoms with Crippen LogP contribution in [0.25, 0.3) is 0 Å². The first-order valence-corrected chi connectivity index (χ1v) is 9.09. The Morgan fingerprint density at radius 2 is 2.21 bits per heavy atom. The third-order valence-electron chi connectivity index (χ3n) is 4.31. The van der Waals surface area contributed by atoms with Crippen LogP contribution in [0.15, 0.2) is 28.4 Å². The predicted octanol–water partition coefficient (Wildman–Crippen LogP) is 2.88. The molecule has 0 spiro atoms. The highest BCUT2D eigenvalue weighted by Crippen LogP contribution is 2.33. The minimum atomic E-state index is -0.428. The second-order valence-electron chi connectivity index (χ2n) is 6.06. The van der Waals surface area contributed by atoms with E-state index in [9.17, 15) is 14.4 Å². The molecule has 1 aliphatic rings. The second-order valence-corrected chi connectivity index (χ2v) is 7.04. The van der Waals surface area contributed by atoms with Crippen LogP contribution in [0.3, 0.4) is 0 Å². The fraction of sp³-hybridized carbons (Fsp3) is 0.389. The molecular formula is C18H20N2O3S. The maximum atomic E-state index is 12.5. The SMILES string of the molecule is CCCCNC(=O)c1cc2c([nH]c1=O)CC(c1cccs1)CC2=O. The molecule has 2 heterocycles. The molecule has 5 nitrogen and oxygen atoms in total. The Hall–Kier alpha value is -2.21. The number of carbonyl (C=O) groups excluding carboxylic acids is 2. The number of H-pyrrole nitrogens is 1. The van der Waals surface area contributed by atoms with Crippen LogP contribution in [-0.4, -0.2) is 23.2 Å². The molecule has 6 heteroatoms. The van der Waals surface area contributed by atoms with Crippen LogP contribution in [-0.2, 0) is 6.42 Å². The first-order valence-electron chi connectivity index (χ1n) is 8.21. The van der Waals surface area contributed by atoms with E-state index in [0.717, 1.165) is 17.7 Å². The lowest BCUT2D eigenvalue weighted by atomic mass is 9.84. The highest BCUT2D eigenvalue weighted by molar-refractivity contribution is 7.10. The molecule has 1 aliphatic carbocycles. The maximum Gasteiger partial charge on any atom is 0.261 e. The number of fused-ring (bicyclic) bond motifs is 1. The summed E-state index contributed by atoms with van der Waals surface area (Å²) < 4.78 is 0. The highest BCUT2D eigenvalue weighted by atomic mass is 32.1. The number of amides is 1. The molecule has 0 aromatic carbocycles. The summed E-state index contributed by atoms with van der Waals surface area (Å²) in [7, 11) is 0. The highest BCUT2D eigenvalue weighted by Gasteiger charge is 2.29. The maximum absolute atomic E-state index is 12.5. The third kappa shape index (κ3) is 3.33. The molecule has 0 fully saturated rings. The van der Waals surface area contributed by atoms with Crippen molar-refractivity contribution >= 4 is 23.0 Å². The van der Waals surface area contributed by atoms with E-state index in [4.69, 9.17) is 0 Å². The molecule has 2 N–H and O–H groups in total. The Morgan fingerprint density at radius 3 is 2.92 bits per heavy atom. The molecule has 0 aliphatic heterocycles. The summed E-state index contributed by atoms with van der Waals surface area (Å²) in [6, 6.07) is 5.44. The normalized spacial score (nSPS) is 16.7. The molecule has 1 amide bonds. The fourth-order valence-electron chi connectivity index (χ4n) is 3.00. The number of carbonyl (C=O) groups is 2. The van der Waals surface area contributed by atoms with Gasteiger partial charge >= 0.3 is 0 Å². The van der Waals surface area contributed by atoms with E-state index in [1.54, 1.807) is 11.3 Å². The lowest BCUT2D eigenvalue weighted by Gasteiger charge is -2.22. The summed E-state index contributed by atoms with van der Waals surface area (Å²) >= 11 is 1.62. The van der Waals surface area contributed by atoms with Crippen molar-refractivity contribution in [1.29, 1.82) is 0 Å². The Morgan fingerprint density at radius 1 is 1.38 bits per heavy atom. The molecule has 0 saturated carbocycles. The first kappa shape index (κ1) is 16.6. The van der Waals surface area contributed by atoms with E-state index >= 15 is 0 Å². The van der Waals surface area contributed by atoms with Crippen LogP contribution in [0.4, 0.5) is 0 Å². The lowest BCUT2D eigenvalue weighted by Crippen LogP contribution is -2.33. The van der Waals surface area contributed by atoms with Gasteiger partial charge in [-0.15, -0.1) is 11.3 Å².